The number of hydrogen-bond donors (Lipinski definition) is 2. The van der Waals surface area contributed by atoms with Crippen LogP contribution in [0.2, 0.25) is 0 Å². The lowest BCUT2D eigenvalue weighted by Gasteiger charge is -2.58. The fourth-order valence-electron chi connectivity index (χ4n) is 6.23. The zero-order valence-corrected chi connectivity index (χ0v) is 14.8. The summed E-state index contributed by atoms with van der Waals surface area (Å²) in [6.45, 7) is 0. The Labute approximate surface area is 147 Å². The number of rotatable bonds is 1. The predicted molar refractivity (Wildman–Crippen MR) is 96.5 cm³/mol. The Morgan fingerprint density at radius 3 is 2.79 bits per heavy atom. The van der Waals surface area contributed by atoms with Gasteiger partial charge in [-0.2, -0.15) is 0 Å². The van der Waals surface area contributed by atoms with Gasteiger partial charge in [0.1, 0.15) is 5.65 Å². The van der Waals surface area contributed by atoms with Crippen molar-refractivity contribution in [2.75, 3.05) is 0 Å². The molecule has 0 radical (unpaired) electrons. The number of pyridine rings is 1. The van der Waals surface area contributed by atoms with Crippen molar-refractivity contribution in [2.24, 2.45) is 17.8 Å². The topological polar surface area (TPSA) is 66.5 Å². The molecule has 0 amide bonds. The Hall–Kier alpha value is -1.56. The van der Waals surface area contributed by atoms with Crippen molar-refractivity contribution >= 4 is 38.0 Å². The second-order valence-electron chi connectivity index (χ2n) is 8.17. The summed E-state index contributed by atoms with van der Waals surface area (Å²) in [6, 6.07) is 2.37. The molecule has 4 fully saturated rings. The van der Waals surface area contributed by atoms with E-state index in [1.165, 1.54) is 32.1 Å². The van der Waals surface area contributed by atoms with E-state index in [1.807, 2.05) is 12.3 Å². The number of hydrogen-bond acceptors (Lipinski definition) is 2. The van der Waals surface area contributed by atoms with Crippen LogP contribution in [0.1, 0.15) is 38.1 Å². The van der Waals surface area contributed by atoms with E-state index in [0.717, 1.165) is 28.0 Å². The van der Waals surface area contributed by atoms with Gasteiger partial charge in [0.2, 0.25) is 0 Å². The van der Waals surface area contributed by atoms with Gasteiger partial charge < -0.3 is 9.97 Å². The first-order valence-electron chi connectivity index (χ1n) is 8.86. The lowest BCUT2D eigenvalue weighted by atomic mass is 9.54. The molecule has 0 saturated heterocycles. The van der Waals surface area contributed by atoms with E-state index in [4.69, 9.17) is 0 Å². The lowest BCUT2D eigenvalue weighted by Crippen LogP contribution is -2.53. The van der Waals surface area contributed by atoms with Crippen LogP contribution >= 0.6 is 15.9 Å². The Morgan fingerprint density at radius 2 is 2.04 bits per heavy atom. The first-order chi connectivity index (χ1) is 11.6. The number of fused-ring (bicyclic) bond motifs is 3. The highest BCUT2D eigenvalue weighted by atomic mass is 79.9. The maximum atomic E-state index is 12.9. The molecule has 5 atom stereocenters. The second-order valence-corrected chi connectivity index (χ2v) is 9.85. The van der Waals surface area contributed by atoms with E-state index >= 15 is 0 Å². The number of alkyl halides is 1. The van der Waals surface area contributed by atoms with E-state index < -0.39 is 0 Å². The zero-order chi connectivity index (χ0) is 16.1. The summed E-state index contributed by atoms with van der Waals surface area (Å²) in [6.07, 6.45) is 9.96. The first kappa shape index (κ1) is 13.7. The van der Waals surface area contributed by atoms with Crippen molar-refractivity contribution in [1.29, 1.82) is 0 Å². The molecule has 4 bridgehead atoms. The summed E-state index contributed by atoms with van der Waals surface area (Å²) in [4.78, 5) is 23.5. The van der Waals surface area contributed by atoms with Crippen LogP contribution in [0.3, 0.4) is 0 Å². The van der Waals surface area contributed by atoms with Crippen LogP contribution < -0.4 is 5.69 Å². The maximum Gasteiger partial charge on any atom is 0.326 e. The van der Waals surface area contributed by atoms with Gasteiger partial charge in [-0.15, -0.1) is 0 Å². The minimum Gasteiger partial charge on any atom is -0.346 e. The van der Waals surface area contributed by atoms with Gasteiger partial charge in [0.15, 0.2) is 0 Å². The van der Waals surface area contributed by atoms with Gasteiger partial charge in [-0.3, -0.25) is 4.57 Å². The van der Waals surface area contributed by atoms with Crippen molar-refractivity contribution in [3.8, 4) is 0 Å². The number of aromatic amines is 2. The van der Waals surface area contributed by atoms with Gasteiger partial charge in [0, 0.05) is 21.9 Å². The molecular weight excluding hydrogens is 368 g/mol. The second kappa shape index (κ2) is 4.34. The standard InChI is InChI=1S/C18H19BrN4O/c19-18-5-9-3-10(6-18)14(11(4-9)7-18)23-15-12-1-2-20-16(12)21-8-13(15)22-17(23)24/h1-2,8-11,14H,3-7H2,(H,20,21)(H,22,24)/t9?,10-,11+,14?,18?. The summed E-state index contributed by atoms with van der Waals surface area (Å²) in [7, 11) is 0. The Morgan fingerprint density at radius 1 is 1.25 bits per heavy atom. The summed E-state index contributed by atoms with van der Waals surface area (Å²) in [5.41, 5.74) is 2.78. The highest BCUT2D eigenvalue weighted by Gasteiger charge is 2.55. The summed E-state index contributed by atoms with van der Waals surface area (Å²) in [5.74, 6) is 2.05. The van der Waals surface area contributed by atoms with Crippen LogP contribution in [-0.2, 0) is 0 Å². The van der Waals surface area contributed by atoms with Crippen molar-refractivity contribution in [2.45, 2.75) is 42.5 Å². The molecule has 0 spiro atoms. The average Bonchev–Trinajstić information content (AvgIpc) is 3.09. The molecule has 0 aromatic carbocycles. The van der Waals surface area contributed by atoms with Crippen LogP contribution in [0, 0.1) is 17.8 Å². The van der Waals surface area contributed by atoms with Gasteiger partial charge in [0.25, 0.3) is 0 Å². The summed E-state index contributed by atoms with van der Waals surface area (Å²) >= 11 is 4.04. The van der Waals surface area contributed by atoms with Crippen LogP contribution in [0.15, 0.2) is 23.3 Å². The fourth-order valence-corrected chi connectivity index (χ4v) is 7.52. The fraction of sp³-hybridized carbons (Fsp3) is 0.556. The normalized spacial score (nSPS) is 37.7. The van der Waals surface area contributed by atoms with E-state index in [0.29, 0.717) is 22.2 Å². The van der Waals surface area contributed by atoms with Crippen LogP contribution in [-0.4, -0.2) is 23.8 Å². The Bertz CT molecular complexity index is 1010. The van der Waals surface area contributed by atoms with Gasteiger partial charge in [0.05, 0.1) is 17.2 Å². The molecule has 4 aliphatic rings. The average molecular weight is 387 g/mol. The van der Waals surface area contributed by atoms with Crippen molar-refractivity contribution in [1.82, 2.24) is 19.5 Å². The Kier molecular flexibility index (Phi) is 2.48. The SMILES string of the molecule is O=c1[nH]c2cnc3[nH]ccc3c2n1C1[C@@H]2CC3C[C@H]1CC(Br)(C3)C2. The van der Waals surface area contributed by atoms with Crippen molar-refractivity contribution in [3.63, 3.8) is 0 Å². The van der Waals surface area contributed by atoms with Gasteiger partial charge in [-0.25, -0.2) is 9.78 Å². The molecule has 0 aliphatic heterocycles. The third-order valence-corrected chi connectivity index (χ3v) is 7.68. The molecule has 5 nitrogen and oxygen atoms in total. The molecule has 3 unspecified atom stereocenters. The number of aromatic nitrogens is 4. The van der Waals surface area contributed by atoms with Crippen molar-refractivity contribution in [3.05, 3.63) is 28.9 Å². The zero-order valence-electron chi connectivity index (χ0n) is 13.3. The molecule has 2 N–H and O–H groups in total. The highest BCUT2D eigenvalue weighted by Crippen LogP contribution is 2.62. The van der Waals surface area contributed by atoms with Gasteiger partial charge >= 0.3 is 5.69 Å². The molecular formula is C18H19BrN4O. The molecule has 3 aromatic heterocycles. The monoisotopic (exact) mass is 386 g/mol. The van der Waals surface area contributed by atoms with Crippen LogP contribution in [0.4, 0.5) is 0 Å². The molecule has 4 aliphatic carbocycles. The van der Waals surface area contributed by atoms with E-state index in [-0.39, 0.29) is 5.69 Å². The third-order valence-electron chi connectivity index (χ3n) is 6.71. The highest BCUT2D eigenvalue weighted by molar-refractivity contribution is 9.10. The number of halogens is 1. The molecule has 24 heavy (non-hydrogen) atoms. The van der Waals surface area contributed by atoms with Crippen LogP contribution in [0.5, 0.6) is 0 Å². The summed E-state index contributed by atoms with van der Waals surface area (Å²) in [5, 5.41) is 1.05. The molecule has 7 rings (SSSR count). The van der Waals surface area contributed by atoms with E-state index in [2.05, 4.69) is 35.4 Å². The largest absolute Gasteiger partial charge is 0.346 e. The number of imidazole rings is 1. The quantitative estimate of drug-likeness (QED) is 0.625. The van der Waals surface area contributed by atoms with E-state index in [9.17, 15) is 4.79 Å². The maximum absolute atomic E-state index is 12.9. The predicted octanol–water partition coefficient (Wildman–Crippen LogP) is 3.72. The third kappa shape index (κ3) is 1.65. The molecule has 124 valence electrons. The Balaban J connectivity index is 1.61. The number of nitrogens with zero attached hydrogens (tertiary/aromatic N) is 2. The molecule has 3 heterocycles. The van der Waals surface area contributed by atoms with Crippen LogP contribution in [0.25, 0.3) is 22.1 Å². The summed E-state index contributed by atoms with van der Waals surface area (Å²) < 4.78 is 2.41. The molecule has 6 heteroatoms. The number of nitrogens with one attached hydrogen (secondary N) is 2. The van der Waals surface area contributed by atoms with Gasteiger partial charge in [-0.1, -0.05) is 15.9 Å². The minimum atomic E-state index is 0.0293. The molecule has 3 aromatic rings. The minimum absolute atomic E-state index is 0.0293. The molecule has 4 saturated carbocycles. The van der Waals surface area contributed by atoms with E-state index in [1.54, 1.807) is 6.20 Å². The van der Waals surface area contributed by atoms with Crippen molar-refractivity contribution < 1.29 is 0 Å². The lowest BCUT2D eigenvalue weighted by molar-refractivity contribution is -0.0108. The number of H-pyrrole nitrogens is 2. The van der Waals surface area contributed by atoms with Gasteiger partial charge in [-0.05, 0) is 55.9 Å². The first-order valence-corrected chi connectivity index (χ1v) is 9.66. The smallest absolute Gasteiger partial charge is 0.326 e.